The lowest BCUT2D eigenvalue weighted by Crippen LogP contribution is -2.16. The molecule has 2 aromatic rings. The van der Waals surface area contributed by atoms with E-state index < -0.39 is 0 Å². The molecule has 3 rings (SSSR count). The van der Waals surface area contributed by atoms with Crippen molar-refractivity contribution in [3.05, 3.63) is 47.0 Å². The van der Waals surface area contributed by atoms with Crippen molar-refractivity contribution < 1.29 is 9.13 Å². The maximum absolute atomic E-state index is 14.0. The predicted molar refractivity (Wildman–Crippen MR) is 78.5 cm³/mol. The highest BCUT2D eigenvalue weighted by atomic mass is 19.1. The molecule has 0 bridgehead atoms. The van der Waals surface area contributed by atoms with E-state index in [-0.39, 0.29) is 5.82 Å². The highest BCUT2D eigenvalue weighted by molar-refractivity contribution is 5.35. The van der Waals surface area contributed by atoms with Gasteiger partial charge in [-0.2, -0.15) is 5.10 Å². The Balaban J connectivity index is 1.72. The van der Waals surface area contributed by atoms with Crippen molar-refractivity contribution in [1.82, 2.24) is 15.1 Å². The molecular weight excluding hydrogens is 269 g/mol. The summed E-state index contributed by atoms with van der Waals surface area (Å²) >= 11 is 0. The zero-order chi connectivity index (χ0) is 14.8. The summed E-state index contributed by atoms with van der Waals surface area (Å²) in [4.78, 5) is 0. The first kappa shape index (κ1) is 14.1. The molecule has 0 unspecified atom stereocenters. The lowest BCUT2D eigenvalue weighted by atomic mass is 10.2. The molecule has 21 heavy (non-hydrogen) atoms. The topological polar surface area (TPSA) is 39.1 Å². The van der Waals surface area contributed by atoms with Crippen molar-refractivity contribution in [3.63, 3.8) is 0 Å². The zero-order valence-corrected chi connectivity index (χ0v) is 12.4. The van der Waals surface area contributed by atoms with Crippen LogP contribution in [0, 0.1) is 12.7 Å². The van der Waals surface area contributed by atoms with Gasteiger partial charge in [-0.1, -0.05) is 12.1 Å². The number of hydrogen-bond acceptors (Lipinski definition) is 3. The summed E-state index contributed by atoms with van der Waals surface area (Å²) in [6.07, 6.45) is 2.42. The molecule has 0 atom stereocenters. The number of aromatic nitrogens is 2. The second kappa shape index (κ2) is 5.85. The molecule has 4 nitrogen and oxygen atoms in total. The van der Waals surface area contributed by atoms with E-state index in [1.54, 1.807) is 10.7 Å². The largest absolute Gasteiger partial charge is 0.484 e. The van der Waals surface area contributed by atoms with Gasteiger partial charge in [0.2, 0.25) is 0 Å². The van der Waals surface area contributed by atoms with Gasteiger partial charge in [0.25, 0.3) is 0 Å². The van der Waals surface area contributed by atoms with Crippen LogP contribution in [0.3, 0.4) is 0 Å². The number of rotatable bonds is 6. The number of para-hydroxylation sites is 1. The Hall–Kier alpha value is -1.88. The zero-order valence-electron chi connectivity index (χ0n) is 12.4. The fraction of sp³-hybridized carbons (Fsp3) is 0.438. The quantitative estimate of drug-likeness (QED) is 0.888. The third-order valence-corrected chi connectivity index (χ3v) is 3.67. The molecule has 1 heterocycles. The Bertz CT molecular complexity index is 634. The molecule has 1 aromatic carbocycles. The van der Waals surface area contributed by atoms with Crippen molar-refractivity contribution in [2.45, 2.75) is 39.0 Å². The Kier molecular flexibility index (Phi) is 3.92. The van der Waals surface area contributed by atoms with Crippen LogP contribution in [0.2, 0.25) is 0 Å². The maximum Gasteiger partial charge on any atom is 0.165 e. The molecule has 0 spiro atoms. The average Bonchev–Trinajstić information content (AvgIpc) is 3.21. The minimum atomic E-state index is -0.316. The van der Waals surface area contributed by atoms with Crippen LogP contribution in [0.15, 0.2) is 24.3 Å². The summed E-state index contributed by atoms with van der Waals surface area (Å²) in [6.45, 7) is 2.88. The molecule has 0 amide bonds. The van der Waals surface area contributed by atoms with E-state index in [0.717, 1.165) is 17.0 Å². The van der Waals surface area contributed by atoms with Gasteiger partial charge >= 0.3 is 0 Å². The van der Waals surface area contributed by atoms with Gasteiger partial charge in [-0.15, -0.1) is 0 Å². The summed E-state index contributed by atoms with van der Waals surface area (Å²) in [5.74, 6) is 0.0218. The highest BCUT2D eigenvalue weighted by Gasteiger charge is 2.21. The highest BCUT2D eigenvalue weighted by Crippen LogP contribution is 2.26. The summed E-state index contributed by atoms with van der Waals surface area (Å²) < 4.78 is 21.5. The molecule has 1 fully saturated rings. The minimum absolute atomic E-state index is 0.314. The van der Waals surface area contributed by atoms with Crippen LogP contribution in [0.5, 0.6) is 5.75 Å². The van der Waals surface area contributed by atoms with E-state index in [4.69, 9.17) is 4.74 Å². The van der Waals surface area contributed by atoms with Crippen LogP contribution in [-0.4, -0.2) is 15.8 Å². The van der Waals surface area contributed by atoms with Crippen LogP contribution >= 0.6 is 0 Å². The number of ether oxygens (including phenoxy) is 1. The summed E-state index contributed by atoms with van der Waals surface area (Å²) in [5, 5.41) is 7.66. The molecule has 1 aliphatic carbocycles. The molecule has 0 saturated heterocycles. The third kappa shape index (κ3) is 3.42. The van der Waals surface area contributed by atoms with E-state index in [9.17, 15) is 4.39 Å². The van der Waals surface area contributed by atoms with E-state index in [0.29, 0.717) is 24.9 Å². The van der Waals surface area contributed by atoms with Crippen LogP contribution in [0.1, 0.15) is 29.8 Å². The lowest BCUT2D eigenvalue weighted by Gasteiger charge is -2.13. The molecule has 1 aliphatic rings. The summed E-state index contributed by atoms with van der Waals surface area (Å²) in [5.41, 5.74) is 2.72. The Labute approximate surface area is 123 Å². The standard InChI is InChI=1S/C16H20FN3O/c1-11-8-14(20(2)19-11)10-21-16-12(4-3-5-15(16)17)9-18-13-6-7-13/h3-5,8,13,18H,6-7,9-10H2,1-2H3. The van der Waals surface area contributed by atoms with Gasteiger partial charge in [0.05, 0.1) is 11.4 Å². The van der Waals surface area contributed by atoms with Gasteiger partial charge < -0.3 is 10.1 Å². The smallest absolute Gasteiger partial charge is 0.165 e. The molecule has 1 saturated carbocycles. The van der Waals surface area contributed by atoms with Gasteiger partial charge in [-0.25, -0.2) is 4.39 Å². The first-order valence-corrected chi connectivity index (χ1v) is 7.26. The second-order valence-corrected chi connectivity index (χ2v) is 5.57. The first-order valence-electron chi connectivity index (χ1n) is 7.26. The van der Waals surface area contributed by atoms with Gasteiger partial charge in [0, 0.05) is 25.2 Å². The molecule has 0 aliphatic heterocycles. The number of benzene rings is 1. The minimum Gasteiger partial charge on any atom is -0.484 e. The first-order chi connectivity index (χ1) is 10.1. The Morgan fingerprint density at radius 2 is 2.24 bits per heavy atom. The van der Waals surface area contributed by atoms with Gasteiger partial charge in [-0.05, 0) is 31.9 Å². The number of hydrogen-bond donors (Lipinski definition) is 1. The monoisotopic (exact) mass is 289 g/mol. The molecular formula is C16H20FN3O. The van der Waals surface area contributed by atoms with E-state index in [1.165, 1.54) is 18.9 Å². The van der Waals surface area contributed by atoms with Crippen molar-refractivity contribution in [3.8, 4) is 5.75 Å². The predicted octanol–water partition coefficient (Wildman–Crippen LogP) is 2.70. The Morgan fingerprint density at radius 1 is 1.43 bits per heavy atom. The molecule has 5 heteroatoms. The van der Waals surface area contributed by atoms with Crippen LogP contribution in [-0.2, 0) is 20.2 Å². The fourth-order valence-corrected chi connectivity index (χ4v) is 2.34. The van der Waals surface area contributed by atoms with Gasteiger partial charge in [0.1, 0.15) is 6.61 Å². The summed E-state index contributed by atoms with van der Waals surface area (Å²) in [6, 6.07) is 7.59. The normalized spacial score (nSPS) is 14.4. The van der Waals surface area contributed by atoms with Crippen molar-refractivity contribution in [2.24, 2.45) is 7.05 Å². The number of nitrogens with zero attached hydrogens (tertiary/aromatic N) is 2. The lowest BCUT2D eigenvalue weighted by molar-refractivity contribution is 0.276. The maximum atomic E-state index is 14.0. The summed E-state index contributed by atoms with van der Waals surface area (Å²) in [7, 11) is 1.86. The van der Waals surface area contributed by atoms with E-state index >= 15 is 0 Å². The average molecular weight is 289 g/mol. The van der Waals surface area contributed by atoms with Crippen molar-refractivity contribution in [2.75, 3.05) is 0 Å². The number of halogens is 1. The van der Waals surface area contributed by atoms with Crippen LogP contribution in [0.25, 0.3) is 0 Å². The van der Waals surface area contributed by atoms with Crippen LogP contribution < -0.4 is 10.1 Å². The Morgan fingerprint density at radius 3 is 2.90 bits per heavy atom. The number of aryl methyl sites for hydroxylation is 2. The second-order valence-electron chi connectivity index (χ2n) is 5.57. The van der Waals surface area contributed by atoms with Gasteiger partial charge in [0.15, 0.2) is 11.6 Å². The van der Waals surface area contributed by atoms with E-state index in [1.807, 2.05) is 26.1 Å². The number of nitrogens with one attached hydrogen (secondary N) is 1. The van der Waals surface area contributed by atoms with E-state index in [2.05, 4.69) is 10.4 Å². The molecule has 1 aromatic heterocycles. The van der Waals surface area contributed by atoms with Crippen molar-refractivity contribution in [1.29, 1.82) is 0 Å². The van der Waals surface area contributed by atoms with Gasteiger partial charge in [-0.3, -0.25) is 4.68 Å². The third-order valence-electron chi connectivity index (χ3n) is 3.67. The molecule has 112 valence electrons. The van der Waals surface area contributed by atoms with Crippen LogP contribution in [0.4, 0.5) is 4.39 Å². The molecule has 1 N–H and O–H groups in total. The van der Waals surface area contributed by atoms with Crippen molar-refractivity contribution >= 4 is 0 Å². The fourth-order valence-electron chi connectivity index (χ4n) is 2.34. The SMILES string of the molecule is Cc1cc(COc2c(F)cccc2CNC2CC2)n(C)n1. The molecule has 0 radical (unpaired) electrons.